The summed E-state index contributed by atoms with van der Waals surface area (Å²) in [5, 5.41) is 7.12. The van der Waals surface area contributed by atoms with Crippen molar-refractivity contribution in [3.05, 3.63) is 90.0 Å². The van der Waals surface area contributed by atoms with Gasteiger partial charge in [0.15, 0.2) is 0 Å². The third-order valence-corrected chi connectivity index (χ3v) is 6.06. The number of benzene rings is 1. The molecule has 0 atom stereocenters. The van der Waals surface area contributed by atoms with Gasteiger partial charge in [-0.1, -0.05) is 42.5 Å². The number of piperazine rings is 1. The van der Waals surface area contributed by atoms with E-state index in [0.717, 1.165) is 61.9 Å². The highest BCUT2D eigenvalue weighted by Gasteiger charge is 2.22. The molecule has 158 valence electrons. The van der Waals surface area contributed by atoms with E-state index in [1.165, 1.54) is 11.1 Å². The first kappa shape index (κ1) is 19.7. The molecule has 0 unspecified atom stereocenters. The highest BCUT2D eigenvalue weighted by molar-refractivity contribution is 6.01. The Hall–Kier alpha value is -3.22. The molecular weight excluding hydrogens is 384 g/mol. The van der Waals surface area contributed by atoms with E-state index >= 15 is 0 Å². The van der Waals surface area contributed by atoms with Gasteiger partial charge in [0, 0.05) is 57.2 Å². The maximum Gasteiger partial charge on any atom is 0.0797 e. The Bertz CT molecular complexity index is 1050. The lowest BCUT2D eigenvalue weighted by molar-refractivity contribution is 0.148. The first-order valence-corrected chi connectivity index (χ1v) is 10.9. The Balaban J connectivity index is 1.48. The number of likely N-dealkylation sites (N-methyl/N-ethyl adjacent to an activating group) is 1. The molecule has 31 heavy (non-hydrogen) atoms. The van der Waals surface area contributed by atoms with Crippen molar-refractivity contribution in [1.82, 2.24) is 25.0 Å². The minimum Gasteiger partial charge on any atom is -0.334 e. The van der Waals surface area contributed by atoms with Crippen LogP contribution in [0.25, 0.3) is 11.3 Å². The van der Waals surface area contributed by atoms with Gasteiger partial charge in [-0.2, -0.15) is 5.10 Å². The van der Waals surface area contributed by atoms with E-state index in [2.05, 4.69) is 79.4 Å². The lowest BCUT2D eigenvalue weighted by Crippen LogP contribution is -2.43. The smallest absolute Gasteiger partial charge is 0.0797 e. The van der Waals surface area contributed by atoms with Gasteiger partial charge in [-0.15, -0.1) is 0 Å². The topological polar surface area (TPSA) is 51.3 Å². The number of hydrogen-bond acceptors (Lipinski definition) is 5. The van der Waals surface area contributed by atoms with E-state index < -0.39 is 0 Å². The molecule has 0 aliphatic carbocycles. The predicted molar refractivity (Wildman–Crippen MR) is 125 cm³/mol. The van der Waals surface area contributed by atoms with Crippen molar-refractivity contribution in [1.29, 1.82) is 0 Å². The number of nitrogens with one attached hydrogen (secondary N) is 1. The zero-order chi connectivity index (χ0) is 21.0. The van der Waals surface area contributed by atoms with Crippen LogP contribution in [0.15, 0.2) is 73.2 Å². The van der Waals surface area contributed by atoms with E-state index in [1.807, 2.05) is 30.7 Å². The highest BCUT2D eigenvalue weighted by Crippen LogP contribution is 2.35. The zero-order valence-corrected chi connectivity index (χ0v) is 17.9. The molecule has 4 heterocycles. The molecule has 1 N–H and O–H groups in total. The monoisotopic (exact) mass is 412 g/mol. The Morgan fingerprint density at radius 2 is 1.84 bits per heavy atom. The van der Waals surface area contributed by atoms with Gasteiger partial charge in [-0.05, 0) is 30.3 Å². The second-order valence-corrected chi connectivity index (χ2v) is 8.22. The molecule has 2 aliphatic rings. The molecule has 5 rings (SSSR count). The first-order chi connectivity index (χ1) is 15.3. The third-order valence-electron chi connectivity index (χ3n) is 6.06. The predicted octanol–water partition coefficient (Wildman–Crippen LogP) is 3.50. The van der Waals surface area contributed by atoms with Crippen LogP contribution in [-0.4, -0.2) is 64.8 Å². The summed E-state index contributed by atoms with van der Waals surface area (Å²) in [6.45, 7) is 6.35. The molecule has 0 amide bonds. The molecule has 3 aromatic rings. The summed E-state index contributed by atoms with van der Waals surface area (Å²) in [6.07, 6.45) is 10.0. The second kappa shape index (κ2) is 8.88. The van der Waals surface area contributed by atoms with Crippen LogP contribution in [0.5, 0.6) is 0 Å². The summed E-state index contributed by atoms with van der Waals surface area (Å²) in [5.41, 5.74) is 6.86. The van der Waals surface area contributed by atoms with Crippen LogP contribution in [0, 0.1) is 0 Å². The van der Waals surface area contributed by atoms with Crippen molar-refractivity contribution in [3.63, 3.8) is 0 Å². The number of aromatic amines is 1. The standard InChI is InChI=1S/C25H28N6/c1-29-13-15-30(16-14-29)19-20-7-9-21(10-8-20)25-23(24-6-2-3-11-26-24)5-4-12-31(25)22-17-27-28-18-22/h2-11,17-18H,12-16,19H2,1H3,(H,27,28). The maximum absolute atomic E-state index is 4.63. The van der Waals surface area contributed by atoms with Crippen molar-refractivity contribution in [3.8, 4) is 0 Å². The van der Waals surface area contributed by atoms with Crippen LogP contribution < -0.4 is 4.90 Å². The van der Waals surface area contributed by atoms with Crippen molar-refractivity contribution >= 4 is 17.0 Å². The molecule has 2 aliphatic heterocycles. The van der Waals surface area contributed by atoms with Crippen LogP contribution in [0.2, 0.25) is 0 Å². The lowest BCUT2D eigenvalue weighted by atomic mass is 9.97. The number of H-pyrrole nitrogens is 1. The maximum atomic E-state index is 4.63. The number of rotatable bonds is 5. The Morgan fingerprint density at radius 1 is 1.00 bits per heavy atom. The van der Waals surface area contributed by atoms with Crippen LogP contribution in [0.1, 0.15) is 16.8 Å². The van der Waals surface area contributed by atoms with Crippen LogP contribution in [-0.2, 0) is 6.54 Å². The van der Waals surface area contributed by atoms with E-state index in [1.54, 1.807) is 0 Å². The fraction of sp³-hybridized carbons (Fsp3) is 0.280. The minimum absolute atomic E-state index is 0.800. The minimum atomic E-state index is 0.800. The SMILES string of the molecule is CN1CCN(Cc2ccc(C3=C(c4ccccn4)C=CCN3c3cn[nH]c3)cc2)CC1. The number of hydrogen-bond donors (Lipinski definition) is 1. The molecule has 6 nitrogen and oxygen atoms in total. The quantitative estimate of drug-likeness (QED) is 0.695. The van der Waals surface area contributed by atoms with Crippen LogP contribution in [0.3, 0.4) is 0 Å². The van der Waals surface area contributed by atoms with Gasteiger partial charge in [-0.3, -0.25) is 15.0 Å². The molecule has 1 aromatic carbocycles. The van der Waals surface area contributed by atoms with E-state index in [4.69, 9.17) is 0 Å². The van der Waals surface area contributed by atoms with Crippen molar-refractivity contribution in [2.24, 2.45) is 0 Å². The molecular formula is C25H28N6. The van der Waals surface area contributed by atoms with Gasteiger partial charge in [0.05, 0.1) is 23.3 Å². The Kier molecular flexibility index (Phi) is 5.65. The summed E-state index contributed by atoms with van der Waals surface area (Å²) in [6, 6.07) is 15.1. The Morgan fingerprint density at radius 3 is 2.55 bits per heavy atom. The number of pyridine rings is 1. The Labute approximate surface area is 183 Å². The first-order valence-electron chi connectivity index (χ1n) is 10.9. The highest BCUT2D eigenvalue weighted by atomic mass is 15.2. The molecule has 0 saturated carbocycles. The molecule has 1 fully saturated rings. The molecule has 0 radical (unpaired) electrons. The van der Waals surface area contributed by atoms with E-state index in [-0.39, 0.29) is 0 Å². The molecule has 1 saturated heterocycles. The summed E-state index contributed by atoms with van der Waals surface area (Å²) in [5.74, 6) is 0. The van der Waals surface area contributed by atoms with Crippen molar-refractivity contribution < 1.29 is 0 Å². The summed E-state index contributed by atoms with van der Waals surface area (Å²) in [4.78, 5) is 11.9. The number of allylic oxidation sites excluding steroid dienone is 2. The van der Waals surface area contributed by atoms with Gasteiger partial charge in [0.1, 0.15) is 0 Å². The van der Waals surface area contributed by atoms with Crippen molar-refractivity contribution in [2.45, 2.75) is 6.54 Å². The molecule has 2 aromatic heterocycles. The molecule has 6 heteroatoms. The van der Waals surface area contributed by atoms with Gasteiger partial charge >= 0.3 is 0 Å². The van der Waals surface area contributed by atoms with Crippen LogP contribution in [0.4, 0.5) is 5.69 Å². The van der Waals surface area contributed by atoms with Gasteiger partial charge in [-0.25, -0.2) is 0 Å². The summed E-state index contributed by atoms with van der Waals surface area (Å²) in [7, 11) is 2.20. The second-order valence-electron chi connectivity index (χ2n) is 8.22. The van der Waals surface area contributed by atoms with Gasteiger partial charge in [0.25, 0.3) is 0 Å². The van der Waals surface area contributed by atoms with Crippen molar-refractivity contribution in [2.75, 3.05) is 44.7 Å². The third kappa shape index (κ3) is 4.31. The van der Waals surface area contributed by atoms with Crippen LogP contribution >= 0.6 is 0 Å². The van der Waals surface area contributed by atoms with Gasteiger partial charge < -0.3 is 9.80 Å². The number of aromatic nitrogens is 3. The zero-order valence-electron chi connectivity index (χ0n) is 17.9. The molecule has 0 bridgehead atoms. The largest absolute Gasteiger partial charge is 0.334 e. The fourth-order valence-electron chi connectivity index (χ4n) is 4.29. The lowest BCUT2D eigenvalue weighted by Gasteiger charge is -2.32. The summed E-state index contributed by atoms with van der Waals surface area (Å²) < 4.78 is 0. The summed E-state index contributed by atoms with van der Waals surface area (Å²) >= 11 is 0. The van der Waals surface area contributed by atoms with E-state index in [9.17, 15) is 0 Å². The van der Waals surface area contributed by atoms with Gasteiger partial charge in [0.2, 0.25) is 0 Å². The van der Waals surface area contributed by atoms with E-state index in [0.29, 0.717) is 0 Å². The number of nitrogens with zero attached hydrogens (tertiary/aromatic N) is 5. The number of anilines is 1. The average Bonchev–Trinajstić information content (AvgIpc) is 3.36. The normalized spacial score (nSPS) is 18.0. The average molecular weight is 413 g/mol. The molecule has 0 spiro atoms. The fourth-order valence-corrected chi connectivity index (χ4v) is 4.29.